The highest BCUT2D eigenvalue weighted by atomic mass is 35.5. The summed E-state index contributed by atoms with van der Waals surface area (Å²) >= 11 is 5.85. The molecule has 208 valence electrons. The average Bonchev–Trinajstić information content (AvgIpc) is 3.40. The van der Waals surface area contributed by atoms with Crippen molar-refractivity contribution < 1.29 is 9.13 Å². The minimum Gasteiger partial charge on any atom is -0.482 e. The predicted octanol–water partition coefficient (Wildman–Crippen LogP) is 6.73. The largest absolute Gasteiger partial charge is 0.482 e. The Balaban J connectivity index is 0.000000142. The first kappa shape index (κ1) is 26.5. The Kier molecular flexibility index (Phi) is 7.25. The molecule has 0 radical (unpaired) electrons. The zero-order valence-electron chi connectivity index (χ0n) is 23.1. The summed E-state index contributed by atoms with van der Waals surface area (Å²) in [5, 5.41) is 4.69. The van der Waals surface area contributed by atoms with Gasteiger partial charge < -0.3 is 9.64 Å². The SMILES string of the molecule is CCCC1C2CCC23CN(c2cc(C)ncn2)CC13.Cc1nc2n(n1)CCCCC2Oc1cc(F)cc(Cl)c1. The lowest BCUT2D eigenvalue weighted by Crippen LogP contribution is -2.62. The van der Waals surface area contributed by atoms with Crippen LogP contribution in [0.5, 0.6) is 5.75 Å². The first-order valence-electron chi connectivity index (χ1n) is 14.4. The van der Waals surface area contributed by atoms with Gasteiger partial charge in [-0.1, -0.05) is 31.4 Å². The third-order valence-electron chi connectivity index (χ3n) is 9.36. The number of ether oxygens (including phenoxy) is 1. The standard InChI is InChI=1S/C16H23N3.C14H15ClFN3O/c1-3-4-12-13-5-6-16(13)9-19(8-14(12)16)15-7-11(2)17-10-18-15;1-9-17-14-13(4-2-3-5-19(14)18-9)20-12-7-10(15)6-11(16)8-12/h7,10,12-14H,3-6,8-9H2,1-2H3;6-8,13H,2-5H2,1H3. The van der Waals surface area contributed by atoms with Crippen LogP contribution in [0.15, 0.2) is 30.6 Å². The molecule has 2 aliphatic carbocycles. The van der Waals surface area contributed by atoms with E-state index in [1.165, 1.54) is 50.9 Å². The monoisotopic (exact) mass is 552 g/mol. The quantitative estimate of drug-likeness (QED) is 0.349. The summed E-state index contributed by atoms with van der Waals surface area (Å²) in [4.78, 5) is 15.7. The lowest BCUT2D eigenvalue weighted by atomic mass is 9.38. The number of hydrogen-bond donors (Lipinski definition) is 0. The summed E-state index contributed by atoms with van der Waals surface area (Å²) in [6.45, 7) is 9.58. The molecule has 3 fully saturated rings. The van der Waals surface area contributed by atoms with Crippen molar-refractivity contribution in [2.45, 2.75) is 78.4 Å². The van der Waals surface area contributed by atoms with Crippen molar-refractivity contribution >= 4 is 17.4 Å². The van der Waals surface area contributed by atoms with E-state index in [2.05, 4.69) is 44.9 Å². The zero-order chi connectivity index (χ0) is 27.1. The Bertz CT molecular complexity index is 1310. The summed E-state index contributed by atoms with van der Waals surface area (Å²) < 4.78 is 21.1. The molecule has 2 aromatic heterocycles. The van der Waals surface area contributed by atoms with Gasteiger partial charge in [0.1, 0.15) is 29.5 Å². The molecule has 0 bridgehead atoms. The second kappa shape index (κ2) is 10.7. The predicted molar refractivity (Wildman–Crippen MR) is 149 cm³/mol. The van der Waals surface area contributed by atoms with Gasteiger partial charge in [0, 0.05) is 42.5 Å². The topological polar surface area (TPSA) is 69.0 Å². The van der Waals surface area contributed by atoms with Crippen LogP contribution in [0.3, 0.4) is 0 Å². The zero-order valence-corrected chi connectivity index (χ0v) is 23.9. The van der Waals surface area contributed by atoms with Crippen LogP contribution in [0, 0.1) is 42.8 Å². The van der Waals surface area contributed by atoms with Crippen LogP contribution in [-0.4, -0.2) is 37.8 Å². The summed E-state index contributed by atoms with van der Waals surface area (Å²) in [6, 6.07) is 6.35. The molecule has 7 nitrogen and oxygen atoms in total. The smallest absolute Gasteiger partial charge is 0.168 e. The van der Waals surface area contributed by atoms with E-state index in [0.717, 1.165) is 66.7 Å². The molecule has 2 aliphatic heterocycles. The van der Waals surface area contributed by atoms with E-state index in [1.54, 1.807) is 12.4 Å². The third-order valence-corrected chi connectivity index (χ3v) is 9.58. The minimum absolute atomic E-state index is 0.212. The first-order valence-corrected chi connectivity index (χ1v) is 14.8. The molecule has 1 spiro atoms. The van der Waals surface area contributed by atoms with Gasteiger partial charge in [-0.25, -0.2) is 24.0 Å². The number of hydrogen-bond acceptors (Lipinski definition) is 6. The van der Waals surface area contributed by atoms with Gasteiger partial charge in [-0.2, -0.15) is 5.10 Å². The van der Waals surface area contributed by atoms with Crippen LogP contribution in [-0.2, 0) is 6.54 Å². The molecule has 5 atom stereocenters. The highest BCUT2D eigenvalue weighted by Crippen LogP contribution is 2.71. The van der Waals surface area contributed by atoms with E-state index < -0.39 is 5.82 Å². The molecule has 1 saturated heterocycles. The van der Waals surface area contributed by atoms with Gasteiger partial charge in [-0.05, 0) is 81.3 Å². The van der Waals surface area contributed by atoms with E-state index >= 15 is 0 Å². The highest BCUT2D eigenvalue weighted by molar-refractivity contribution is 6.30. The number of aromatic nitrogens is 5. The first-order chi connectivity index (χ1) is 18.9. The van der Waals surface area contributed by atoms with Crippen molar-refractivity contribution in [3.05, 3.63) is 58.8 Å². The van der Waals surface area contributed by atoms with Crippen molar-refractivity contribution in [1.29, 1.82) is 0 Å². The summed E-state index contributed by atoms with van der Waals surface area (Å²) in [5.74, 6) is 5.69. The molecule has 3 aromatic rings. The maximum atomic E-state index is 13.4. The van der Waals surface area contributed by atoms with Gasteiger partial charge in [0.2, 0.25) is 0 Å². The fraction of sp³-hybridized carbons (Fsp3) is 0.600. The van der Waals surface area contributed by atoms with Crippen molar-refractivity contribution in [3.8, 4) is 5.75 Å². The number of anilines is 1. The highest BCUT2D eigenvalue weighted by Gasteiger charge is 2.69. The summed E-state index contributed by atoms with van der Waals surface area (Å²) in [6.07, 6.45) is 10.1. The maximum absolute atomic E-state index is 13.4. The van der Waals surface area contributed by atoms with Crippen LogP contribution in [0.25, 0.3) is 0 Å². The Hall–Kier alpha value is -2.74. The van der Waals surface area contributed by atoms with Gasteiger partial charge >= 0.3 is 0 Å². The molecule has 9 heteroatoms. The molecule has 7 rings (SSSR count). The van der Waals surface area contributed by atoms with Gasteiger partial charge in [0.25, 0.3) is 0 Å². The van der Waals surface area contributed by atoms with Crippen molar-refractivity contribution in [2.24, 2.45) is 23.2 Å². The van der Waals surface area contributed by atoms with Crippen LogP contribution >= 0.6 is 11.6 Å². The number of aryl methyl sites for hydroxylation is 3. The van der Waals surface area contributed by atoms with Gasteiger partial charge in [-0.15, -0.1) is 0 Å². The molecule has 2 saturated carbocycles. The van der Waals surface area contributed by atoms with Crippen LogP contribution in [0.2, 0.25) is 5.02 Å². The minimum atomic E-state index is -0.404. The van der Waals surface area contributed by atoms with Gasteiger partial charge in [-0.3, -0.25) is 0 Å². The maximum Gasteiger partial charge on any atom is 0.168 e. The molecule has 0 amide bonds. The van der Waals surface area contributed by atoms with Crippen LogP contribution in [0.4, 0.5) is 10.2 Å². The molecule has 0 N–H and O–H groups in total. The number of nitrogens with zero attached hydrogens (tertiary/aromatic N) is 6. The Labute approximate surface area is 235 Å². The molecule has 1 aromatic carbocycles. The lowest BCUT2D eigenvalue weighted by Gasteiger charge is -2.66. The molecular formula is C30H38ClFN6O. The second-order valence-corrected chi connectivity index (χ2v) is 12.2. The summed E-state index contributed by atoms with van der Waals surface area (Å²) in [5.41, 5.74) is 1.76. The molecule has 4 aliphatic rings. The fourth-order valence-corrected chi connectivity index (χ4v) is 7.86. The van der Waals surface area contributed by atoms with E-state index in [0.29, 0.717) is 16.2 Å². The number of rotatable bonds is 5. The summed E-state index contributed by atoms with van der Waals surface area (Å²) in [7, 11) is 0. The molecule has 4 heterocycles. The van der Waals surface area contributed by atoms with E-state index in [4.69, 9.17) is 16.3 Å². The van der Waals surface area contributed by atoms with Crippen molar-refractivity contribution in [2.75, 3.05) is 18.0 Å². The van der Waals surface area contributed by atoms with Crippen LogP contribution in [0.1, 0.15) is 75.3 Å². The second-order valence-electron chi connectivity index (χ2n) is 11.8. The van der Waals surface area contributed by atoms with E-state index in [-0.39, 0.29) is 6.10 Å². The third kappa shape index (κ3) is 5.01. The average molecular weight is 553 g/mol. The lowest BCUT2D eigenvalue weighted by molar-refractivity contribution is -0.170. The van der Waals surface area contributed by atoms with Crippen molar-refractivity contribution in [3.63, 3.8) is 0 Å². The Morgan fingerprint density at radius 3 is 2.72 bits per heavy atom. The fourth-order valence-electron chi connectivity index (χ4n) is 7.65. The van der Waals surface area contributed by atoms with Gasteiger partial charge in [0.15, 0.2) is 11.9 Å². The molecular weight excluding hydrogens is 515 g/mol. The Morgan fingerprint density at radius 2 is 1.97 bits per heavy atom. The van der Waals surface area contributed by atoms with Gasteiger partial charge in [0.05, 0.1) is 0 Å². The molecule has 39 heavy (non-hydrogen) atoms. The number of fused-ring (bicyclic) bond motifs is 1. The normalized spacial score (nSPS) is 28.6. The molecule has 5 unspecified atom stereocenters. The van der Waals surface area contributed by atoms with E-state index in [1.807, 2.05) is 11.6 Å². The number of benzene rings is 1. The van der Waals surface area contributed by atoms with Crippen LogP contribution < -0.4 is 9.64 Å². The van der Waals surface area contributed by atoms with Crippen molar-refractivity contribution in [1.82, 2.24) is 24.7 Å². The Morgan fingerprint density at radius 1 is 1.10 bits per heavy atom. The number of halogens is 2. The van der Waals surface area contributed by atoms with E-state index in [9.17, 15) is 4.39 Å².